The number of amides is 1. The van der Waals surface area contributed by atoms with Gasteiger partial charge in [-0.25, -0.2) is 8.42 Å². The quantitative estimate of drug-likeness (QED) is 0.699. The summed E-state index contributed by atoms with van der Waals surface area (Å²) in [6.45, 7) is 4.03. The van der Waals surface area contributed by atoms with Gasteiger partial charge in [0.25, 0.3) is 0 Å². The maximum absolute atomic E-state index is 12.2. The van der Waals surface area contributed by atoms with Crippen LogP contribution in [0.1, 0.15) is 13.8 Å². The smallest absolute Gasteiger partial charge is 0.240 e. The number of nitrogens with zero attached hydrogens (tertiary/aromatic N) is 1. The van der Waals surface area contributed by atoms with E-state index in [9.17, 15) is 13.2 Å². The van der Waals surface area contributed by atoms with Crippen LogP contribution in [0, 0.1) is 5.92 Å². The number of methoxy groups -OCH3 is 3. The molecule has 1 aromatic rings. The Morgan fingerprint density at radius 3 is 2.00 bits per heavy atom. The molecule has 25 heavy (non-hydrogen) atoms. The largest absolute Gasteiger partial charge is 0.493 e. The predicted molar refractivity (Wildman–Crippen MR) is 96.1 cm³/mol. The minimum Gasteiger partial charge on any atom is -0.493 e. The zero-order valence-corrected chi connectivity index (χ0v) is 16.3. The van der Waals surface area contributed by atoms with Crippen LogP contribution in [0.3, 0.4) is 0 Å². The number of hydrogen-bond donors (Lipinski definition) is 1. The fourth-order valence-electron chi connectivity index (χ4n) is 2.12. The molecule has 1 N–H and O–H groups in total. The molecule has 0 radical (unpaired) electrons. The van der Waals surface area contributed by atoms with Gasteiger partial charge in [0.2, 0.25) is 21.7 Å². The highest BCUT2D eigenvalue weighted by molar-refractivity contribution is 7.92. The molecule has 8 nitrogen and oxygen atoms in total. The normalized spacial score (nSPS) is 11.2. The second-order valence-corrected chi connectivity index (χ2v) is 7.76. The van der Waals surface area contributed by atoms with Crippen molar-refractivity contribution in [3.05, 3.63) is 12.1 Å². The number of ether oxygens (including phenoxy) is 3. The van der Waals surface area contributed by atoms with Gasteiger partial charge in [-0.3, -0.25) is 9.10 Å². The molecule has 0 unspecified atom stereocenters. The van der Waals surface area contributed by atoms with Gasteiger partial charge in [0.1, 0.15) is 6.54 Å². The van der Waals surface area contributed by atoms with Gasteiger partial charge in [-0.1, -0.05) is 13.8 Å². The summed E-state index contributed by atoms with van der Waals surface area (Å²) in [5.74, 6) is 0.803. The summed E-state index contributed by atoms with van der Waals surface area (Å²) in [5, 5.41) is 2.70. The third kappa shape index (κ3) is 5.70. The van der Waals surface area contributed by atoms with Crippen LogP contribution in [0.2, 0.25) is 0 Å². The molecule has 0 aromatic heterocycles. The Kier molecular flexibility index (Phi) is 7.35. The maximum Gasteiger partial charge on any atom is 0.240 e. The van der Waals surface area contributed by atoms with E-state index in [1.54, 1.807) is 0 Å². The van der Waals surface area contributed by atoms with E-state index in [0.29, 0.717) is 23.8 Å². The van der Waals surface area contributed by atoms with Crippen molar-refractivity contribution in [1.29, 1.82) is 0 Å². The van der Waals surface area contributed by atoms with Crippen molar-refractivity contribution >= 4 is 21.6 Å². The van der Waals surface area contributed by atoms with Crippen LogP contribution < -0.4 is 23.8 Å². The molecule has 1 aromatic carbocycles. The fourth-order valence-corrected chi connectivity index (χ4v) is 2.96. The van der Waals surface area contributed by atoms with Crippen molar-refractivity contribution in [2.45, 2.75) is 13.8 Å². The maximum atomic E-state index is 12.2. The van der Waals surface area contributed by atoms with Crippen molar-refractivity contribution in [3.63, 3.8) is 0 Å². The Balaban J connectivity index is 3.26. The van der Waals surface area contributed by atoms with Gasteiger partial charge in [0, 0.05) is 18.7 Å². The molecular formula is C16H26N2O6S. The number of anilines is 1. The number of hydrogen-bond acceptors (Lipinski definition) is 6. The topological polar surface area (TPSA) is 94.2 Å². The molecule has 0 atom stereocenters. The van der Waals surface area contributed by atoms with Crippen LogP contribution in [0.5, 0.6) is 17.2 Å². The average Bonchev–Trinajstić information content (AvgIpc) is 2.55. The minimum atomic E-state index is -3.70. The molecule has 0 heterocycles. The monoisotopic (exact) mass is 374 g/mol. The standard InChI is InChI=1S/C16H26N2O6S/c1-11(2)9-17-15(19)10-18(25(6,20)21)12-7-13(22-3)16(24-5)14(8-12)23-4/h7-8,11H,9-10H2,1-6H3,(H,17,19). The minimum absolute atomic E-state index is 0.247. The van der Waals surface area contributed by atoms with Crippen molar-refractivity contribution < 1.29 is 27.4 Å². The molecule has 1 rings (SSSR count). The molecule has 0 spiro atoms. The van der Waals surface area contributed by atoms with E-state index in [0.717, 1.165) is 10.6 Å². The lowest BCUT2D eigenvalue weighted by Gasteiger charge is -2.24. The Bertz CT molecular complexity index is 678. The van der Waals surface area contributed by atoms with Crippen LogP contribution in [0.25, 0.3) is 0 Å². The van der Waals surface area contributed by atoms with Gasteiger partial charge < -0.3 is 19.5 Å². The van der Waals surface area contributed by atoms with E-state index < -0.39 is 15.9 Å². The number of carbonyl (C=O) groups is 1. The van der Waals surface area contributed by atoms with Gasteiger partial charge in [0.05, 0.1) is 33.3 Å². The lowest BCUT2D eigenvalue weighted by molar-refractivity contribution is -0.119. The number of carbonyl (C=O) groups excluding carboxylic acids is 1. The van der Waals surface area contributed by atoms with Crippen molar-refractivity contribution in [2.75, 3.05) is 45.0 Å². The van der Waals surface area contributed by atoms with Crippen LogP contribution in [0.15, 0.2) is 12.1 Å². The van der Waals surface area contributed by atoms with Crippen LogP contribution in [-0.2, 0) is 14.8 Å². The summed E-state index contributed by atoms with van der Waals surface area (Å²) in [6, 6.07) is 2.97. The van der Waals surface area contributed by atoms with Gasteiger partial charge in [-0.05, 0) is 5.92 Å². The number of rotatable bonds is 9. The highest BCUT2D eigenvalue weighted by atomic mass is 32.2. The van der Waals surface area contributed by atoms with Gasteiger partial charge >= 0.3 is 0 Å². The molecule has 0 bridgehead atoms. The first kappa shape index (κ1) is 20.9. The molecule has 0 saturated heterocycles. The second-order valence-electron chi connectivity index (χ2n) is 5.85. The number of benzene rings is 1. The molecule has 0 aliphatic rings. The molecular weight excluding hydrogens is 348 g/mol. The molecule has 9 heteroatoms. The van der Waals surface area contributed by atoms with E-state index >= 15 is 0 Å². The number of sulfonamides is 1. The third-order valence-electron chi connectivity index (χ3n) is 3.33. The predicted octanol–water partition coefficient (Wildman–Crippen LogP) is 1.25. The first-order valence-corrected chi connectivity index (χ1v) is 9.53. The summed E-state index contributed by atoms with van der Waals surface area (Å²) in [5.41, 5.74) is 0.247. The highest BCUT2D eigenvalue weighted by Gasteiger charge is 2.24. The van der Waals surface area contributed by atoms with E-state index in [4.69, 9.17) is 14.2 Å². The lowest BCUT2D eigenvalue weighted by atomic mass is 10.2. The van der Waals surface area contributed by atoms with Crippen molar-refractivity contribution in [2.24, 2.45) is 5.92 Å². The van der Waals surface area contributed by atoms with E-state index in [1.165, 1.54) is 33.5 Å². The van der Waals surface area contributed by atoms with Crippen LogP contribution in [0.4, 0.5) is 5.69 Å². The summed E-state index contributed by atoms with van der Waals surface area (Å²) in [6.07, 6.45) is 1.03. The second kappa shape index (κ2) is 8.80. The first-order chi connectivity index (χ1) is 11.6. The average molecular weight is 374 g/mol. The SMILES string of the molecule is COc1cc(N(CC(=O)NCC(C)C)S(C)(=O)=O)cc(OC)c1OC. The molecule has 142 valence electrons. The third-order valence-corrected chi connectivity index (χ3v) is 4.47. The Labute approximate surface area is 149 Å². The highest BCUT2D eigenvalue weighted by Crippen LogP contribution is 2.41. The lowest BCUT2D eigenvalue weighted by Crippen LogP contribution is -2.41. The molecule has 0 fully saturated rings. The van der Waals surface area contributed by atoms with Crippen molar-refractivity contribution in [3.8, 4) is 17.2 Å². The van der Waals surface area contributed by atoms with Gasteiger partial charge in [0.15, 0.2) is 11.5 Å². The summed E-state index contributed by atoms with van der Waals surface area (Å²) in [7, 11) is 0.615. The summed E-state index contributed by atoms with van der Waals surface area (Å²) in [4.78, 5) is 12.1. The van der Waals surface area contributed by atoms with Crippen molar-refractivity contribution in [1.82, 2.24) is 5.32 Å². The molecule has 1 amide bonds. The zero-order chi connectivity index (χ0) is 19.2. The first-order valence-electron chi connectivity index (χ1n) is 7.68. The van der Waals surface area contributed by atoms with E-state index in [2.05, 4.69) is 5.32 Å². The number of nitrogens with one attached hydrogen (secondary N) is 1. The molecule has 0 saturated carbocycles. The Morgan fingerprint density at radius 2 is 1.64 bits per heavy atom. The zero-order valence-electron chi connectivity index (χ0n) is 15.5. The Hall–Kier alpha value is -2.16. The van der Waals surface area contributed by atoms with Crippen LogP contribution >= 0.6 is 0 Å². The van der Waals surface area contributed by atoms with E-state index in [-0.39, 0.29) is 18.2 Å². The summed E-state index contributed by atoms with van der Waals surface area (Å²) >= 11 is 0. The summed E-state index contributed by atoms with van der Waals surface area (Å²) < 4.78 is 41.1. The van der Waals surface area contributed by atoms with Gasteiger partial charge in [-0.2, -0.15) is 0 Å². The molecule has 0 aliphatic heterocycles. The van der Waals surface area contributed by atoms with Gasteiger partial charge in [-0.15, -0.1) is 0 Å². The van der Waals surface area contributed by atoms with E-state index in [1.807, 2.05) is 13.8 Å². The molecule has 0 aliphatic carbocycles. The Morgan fingerprint density at radius 1 is 1.12 bits per heavy atom. The van der Waals surface area contributed by atoms with Crippen LogP contribution in [-0.4, -0.2) is 55.0 Å². The fraction of sp³-hybridized carbons (Fsp3) is 0.562.